The lowest BCUT2D eigenvalue weighted by molar-refractivity contribution is 0.272. The third-order valence-corrected chi connectivity index (χ3v) is 4.47. The number of fused-ring (bicyclic) bond motifs is 1. The molecule has 2 aliphatic heterocycles. The van der Waals surface area contributed by atoms with Gasteiger partial charge in [0.15, 0.2) is 0 Å². The molecule has 2 saturated heterocycles. The van der Waals surface area contributed by atoms with E-state index in [-0.39, 0.29) is 0 Å². The Morgan fingerprint density at radius 2 is 2.19 bits per heavy atom. The van der Waals surface area contributed by atoms with Gasteiger partial charge in [-0.2, -0.15) is 4.98 Å². The van der Waals surface area contributed by atoms with Gasteiger partial charge in [-0.15, -0.1) is 0 Å². The summed E-state index contributed by atoms with van der Waals surface area (Å²) < 4.78 is 5.72. The zero-order valence-corrected chi connectivity index (χ0v) is 13.3. The molecule has 0 radical (unpaired) electrons. The maximum Gasteiger partial charge on any atom is 0.297 e. The number of hydrogen-bond donors (Lipinski definition) is 1. The number of nitrogens with one attached hydrogen (secondary N) is 1. The van der Waals surface area contributed by atoms with Crippen molar-refractivity contribution < 1.29 is 4.42 Å². The first kappa shape index (κ1) is 14.9. The van der Waals surface area contributed by atoms with Crippen molar-refractivity contribution in [2.75, 3.05) is 37.6 Å². The Morgan fingerprint density at radius 3 is 3.05 bits per heavy atom. The fourth-order valence-electron chi connectivity index (χ4n) is 3.39. The van der Waals surface area contributed by atoms with Gasteiger partial charge >= 0.3 is 0 Å². The highest BCUT2D eigenvalue weighted by Crippen LogP contribution is 2.24. The summed E-state index contributed by atoms with van der Waals surface area (Å²) in [5, 5.41) is 3.42. The van der Waals surface area contributed by atoms with Gasteiger partial charge in [0.25, 0.3) is 6.01 Å². The van der Waals surface area contributed by atoms with Crippen LogP contribution < -0.4 is 10.2 Å². The van der Waals surface area contributed by atoms with Gasteiger partial charge in [0.05, 0.1) is 5.69 Å². The van der Waals surface area contributed by atoms with Crippen molar-refractivity contribution in [3.05, 3.63) is 12.0 Å². The minimum atomic E-state index is 0.662. The van der Waals surface area contributed by atoms with E-state index in [1.165, 1.54) is 32.4 Å². The van der Waals surface area contributed by atoms with Crippen LogP contribution in [0.4, 0.5) is 6.01 Å². The van der Waals surface area contributed by atoms with Crippen molar-refractivity contribution in [3.63, 3.8) is 0 Å². The molecule has 1 aromatic heterocycles. The van der Waals surface area contributed by atoms with Gasteiger partial charge in [-0.3, -0.25) is 4.90 Å². The van der Waals surface area contributed by atoms with Crippen molar-refractivity contribution in [1.29, 1.82) is 0 Å². The van der Waals surface area contributed by atoms with E-state index in [2.05, 4.69) is 33.9 Å². The molecule has 3 rings (SSSR count). The van der Waals surface area contributed by atoms with Crippen molar-refractivity contribution in [2.45, 2.75) is 45.7 Å². The molecule has 118 valence electrons. The van der Waals surface area contributed by atoms with Gasteiger partial charge in [0, 0.05) is 32.2 Å². The van der Waals surface area contributed by atoms with Crippen LogP contribution in [0.3, 0.4) is 0 Å². The van der Waals surface area contributed by atoms with Gasteiger partial charge < -0.3 is 14.6 Å². The zero-order valence-electron chi connectivity index (χ0n) is 13.3. The summed E-state index contributed by atoms with van der Waals surface area (Å²) in [5.74, 6) is 0.662. The SMILES string of the molecule is CC(C)CNCc1coc(N2CCCN3CCCC3C2)n1. The van der Waals surface area contributed by atoms with Crippen molar-refractivity contribution >= 4 is 6.01 Å². The van der Waals surface area contributed by atoms with Crippen LogP contribution in [-0.4, -0.2) is 48.6 Å². The monoisotopic (exact) mass is 292 g/mol. The van der Waals surface area contributed by atoms with Crippen LogP contribution in [0.2, 0.25) is 0 Å². The van der Waals surface area contributed by atoms with Crippen LogP contribution in [0.5, 0.6) is 0 Å². The maximum atomic E-state index is 5.72. The molecule has 2 aliphatic rings. The van der Waals surface area contributed by atoms with E-state index in [9.17, 15) is 0 Å². The lowest BCUT2D eigenvalue weighted by Crippen LogP contribution is -2.36. The van der Waals surface area contributed by atoms with E-state index < -0.39 is 0 Å². The van der Waals surface area contributed by atoms with Crippen molar-refractivity contribution in [1.82, 2.24) is 15.2 Å². The smallest absolute Gasteiger partial charge is 0.297 e. The van der Waals surface area contributed by atoms with Gasteiger partial charge in [-0.25, -0.2) is 0 Å². The number of nitrogens with zero attached hydrogens (tertiary/aromatic N) is 3. The number of anilines is 1. The molecule has 1 aromatic rings. The maximum absolute atomic E-state index is 5.72. The first-order chi connectivity index (χ1) is 10.2. The van der Waals surface area contributed by atoms with Gasteiger partial charge in [-0.1, -0.05) is 13.8 Å². The van der Waals surface area contributed by atoms with Gasteiger partial charge in [0.2, 0.25) is 0 Å². The van der Waals surface area contributed by atoms with Crippen LogP contribution in [0, 0.1) is 5.92 Å². The van der Waals surface area contributed by atoms with Crippen LogP contribution in [-0.2, 0) is 6.54 Å². The molecule has 0 amide bonds. The first-order valence-electron chi connectivity index (χ1n) is 8.36. The fraction of sp³-hybridized carbons (Fsp3) is 0.812. The highest BCUT2D eigenvalue weighted by Gasteiger charge is 2.30. The molecule has 2 fully saturated rings. The molecule has 21 heavy (non-hydrogen) atoms. The number of aromatic nitrogens is 1. The summed E-state index contributed by atoms with van der Waals surface area (Å²) in [6.07, 6.45) is 5.67. The third kappa shape index (κ3) is 3.77. The summed E-state index contributed by atoms with van der Waals surface area (Å²) >= 11 is 0. The highest BCUT2D eigenvalue weighted by molar-refractivity contribution is 5.28. The number of rotatable bonds is 5. The Balaban J connectivity index is 1.57. The van der Waals surface area contributed by atoms with E-state index in [0.717, 1.165) is 37.9 Å². The summed E-state index contributed by atoms with van der Waals surface area (Å²) in [4.78, 5) is 9.63. The minimum Gasteiger partial charge on any atom is -0.432 e. The van der Waals surface area contributed by atoms with Crippen LogP contribution in [0.25, 0.3) is 0 Å². The minimum absolute atomic E-state index is 0.662. The molecular weight excluding hydrogens is 264 g/mol. The Bertz CT molecular complexity index is 445. The number of oxazole rings is 1. The van der Waals surface area contributed by atoms with Crippen LogP contribution in [0.15, 0.2) is 10.7 Å². The molecule has 5 heteroatoms. The average molecular weight is 292 g/mol. The summed E-state index contributed by atoms with van der Waals surface area (Å²) in [6, 6.07) is 1.51. The average Bonchev–Trinajstić information content (AvgIpc) is 3.04. The molecule has 1 N–H and O–H groups in total. The quantitative estimate of drug-likeness (QED) is 0.900. The molecule has 3 heterocycles. The second-order valence-electron chi connectivity index (χ2n) is 6.78. The molecule has 0 spiro atoms. The first-order valence-corrected chi connectivity index (χ1v) is 8.36. The lowest BCUT2D eigenvalue weighted by atomic mass is 10.2. The normalized spacial score (nSPS) is 23.6. The second kappa shape index (κ2) is 6.79. The predicted octanol–water partition coefficient (Wildman–Crippen LogP) is 2.09. The molecule has 5 nitrogen and oxygen atoms in total. The van der Waals surface area contributed by atoms with E-state index in [0.29, 0.717) is 12.0 Å². The van der Waals surface area contributed by atoms with E-state index >= 15 is 0 Å². The fourth-order valence-corrected chi connectivity index (χ4v) is 3.39. The molecule has 0 saturated carbocycles. The second-order valence-corrected chi connectivity index (χ2v) is 6.78. The van der Waals surface area contributed by atoms with Crippen LogP contribution in [0.1, 0.15) is 38.8 Å². The molecular formula is C16H28N4O. The lowest BCUT2D eigenvalue weighted by Gasteiger charge is -2.24. The summed E-state index contributed by atoms with van der Waals surface area (Å²) in [7, 11) is 0. The molecule has 0 aliphatic carbocycles. The molecule has 0 aromatic carbocycles. The van der Waals surface area contributed by atoms with Crippen LogP contribution >= 0.6 is 0 Å². The summed E-state index contributed by atoms with van der Waals surface area (Å²) in [6.45, 7) is 10.9. The van der Waals surface area contributed by atoms with E-state index in [1.54, 1.807) is 6.26 Å². The third-order valence-electron chi connectivity index (χ3n) is 4.47. The Labute approximate surface area is 127 Å². The topological polar surface area (TPSA) is 44.5 Å². The zero-order chi connectivity index (χ0) is 14.7. The van der Waals surface area contributed by atoms with Gasteiger partial charge in [0.1, 0.15) is 6.26 Å². The summed E-state index contributed by atoms with van der Waals surface area (Å²) in [5.41, 5.74) is 1.01. The molecule has 1 unspecified atom stereocenters. The largest absolute Gasteiger partial charge is 0.432 e. The standard InChI is InChI=1S/C16H28N4O/c1-13(2)9-17-10-14-12-21-16(18-14)20-8-4-7-19-6-3-5-15(19)11-20/h12-13,15,17H,3-11H2,1-2H3. The predicted molar refractivity (Wildman–Crippen MR) is 84.5 cm³/mol. The van der Waals surface area contributed by atoms with Crippen molar-refractivity contribution in [2.24, 2.45) is 5.92 Å². The van der Waals surface area contributed by atoms with Gasteiger partial charge in [-0.05, 0) is 38.3 Å². The van der Waals surface area contributed by atoms with E-state index in [4.69, 9.17) is 4.42 Å². The van der Waals surface area contributed by atoms with E-state index in [1.807, 2.05) is 0 Å². The number of hydrogen-bond acceptors (Lipinski definition) is 5. The van der Waals surface area contributed by atoms with Crippen molar-refractivity contribution in [3.8, 4) is 0 Å². The Morgan fingerprint density at radius 1 is 1.33 bits per heavy atom. The molecule has 0 bridgehead atoms. The Hall–Kier alpha value is -1.07. The molecule has 1 atom stereocenters. The highest BCUT2D eigenvalue weighted by atomic mass is 16.4. The Kier molecular flexibility index (Phi) is 4.80.